The van der Waals surface area contributed by atoms with E-state index in [-0.39, 0.29) is 17.8 Å². The Morgan fingerprint density at radius 1 is 1.38 bits per heavy atom. The summed E-state index contributed by atoms with van der Waals surface area (Å²) in [6, 6.07) is 1.80. The Balaban J connectivity index is 1.43. The summed E-state index contributed by atoms with van der Waals surface area (Å²) < 4.78 is 12.0. The predicted octanol–water partition coefficient (Wildman–Crippen LogP) is 1.53. The van der Waals surface area contributed by atoms with Gasteiger partial charge in [-0.05, 0) is 18.9 Å². The third-order valence-electron chi connectivity index (χ3n) is 4.22. The van der Waals surface area contributed by atoms with Crippen LogP contribution in [-0.4, -0.2) is 41.1 Å². The summed E-state index contributed by atoms with van der Waals surface area (Å²) in [5, 5.41) is 9.52. The number of carbonyl (C=O) groups is 1. The summed E-state index contributed by atoms with van der Waals surface area (Å²) >= 11 is 0. The smallest absolute Gasteiger partial charge is 0.226 e. The Bertz CT molecular complexity index is 453. The van der Waals surface area contributed by atoms with Crippen molar-refractivity contribution in [3.05, 3.63) is 18.0 Å². The van der Waals surface area contributed by atoms with Crippen LogP contribution in [-0.2, 0) is 20.7 Å². The van der Waals surface area contributed by atoms with Crippen molar-refractivity contribution in [2.24, 2.45) is 0 Å². The first-order valence-corrected chi connectivity index (χ1v) is 7.82. The van der Waals surface area contributed by atoms with E-state index in [9.17, 15) is 4.79 Å². The third kappa shape index (κ3) is 3.83. The Morgan fingerprint density at radius 2 is 2.19 bits per heavy atom. The maximum absolute atomic E-state index is 11.8. The van der Waals surface area contributed by atoms with E-state index in [0.29, 0.717) is 19.6 Å². The van der Waals surface area contributed by atoms with Gasteiger partial charge >= 0.3 is 0 Å². The summed E-state index contributed by atoms with van der Waals surface area (Å²) in [5.74, 6) is -0.403. The van der Waals surface area contributed by atoms with Crippen LogP contribution >= 0.6 is 0 Å². The quantitative estimate of drug-likeness (QED) is 0.883. The number of ether oxygens (including phenoxy) is 2. The lowest BCUT2D eigenvalue weighted by molar-refractivity contribution is -0.175. The molecule has 2 heterocycles. The summed E-state index contributed by atoms with van der Waals surface area (Å²) in [6.07, 6.45) is 8.74. The number of carbonyl (C=O) groups excluding carboxylic acids is 1. The molecule has 0 radical (unpaired) electrons. The maximum Gasteiger partial charge on any atom is 0.226 e. The Morgan fingerprint density at radius 3 is 2.90 bits per heavy atom. The van der Waals surface area contributed by atoms with Gasteiger partial charge in [-0.1, -0.05) is 12.8 Å². The highest BCUT2D eigenvalue weighted by Crippen LogP contribution is 2.36. The number of nitrogens with one attached hydrogen (secondary N) is 2. The first kappa shape index (κ1) is 14.5. The zero-order valence-corrected chi connectivity index (χ0v) is 12.3. The lowest BCUT2D eigenvalue weighted by Gasteiger charge is -2.26. The summed E-state index contributed by atoms with van der Waals surface area (Å²) in [5.41, 5.74) is 0.816. The fourth-order valence-electron chi connectivity index (χ4n) is 3.09. The minimum atomic E-state index is -0.380. The molecule has 1 atom stereocenters. The van der Waals surface area contributed by atoms with Gasteiger partial charge in [0.25, 0.3) is 0 Å². The largest absolute Gasteiger partial charge is 0.353 e. The SMILES string of the molecule is O=C(Cc1ccn[nH]1)NCC1COC2(CCCCCC2)O1. The van der Waals surface area contributed by atoms with Crippen LogP contribution in [0.25, 0.3) is 0 Å². The Kier molecular flexibility index (Phi) is 4.55. The lowest BCUT2D eigenvalue weighted by Crippen LogP contribution is -2.36. The second kappa shape index (κ2) is 6.58. The molecule has 1 saturated carbocycles. The minimum absolute atomic E-state index is 0.0235. The zero-order valence-electron chi connectivity index (χ0n) is 12.3. The molecule has 2 N–H and O–H groups in total. The van der Waals surface area contributed by atoms with Gasteiger partial charge in [-0.2, -0.15) is 5.10 Å². The average Bonchev–Trinajstić information content (AvgIpc) is 3.05. The van der Waals surface area contributed by atoms with Crippen LogP contribution in [0.5, 0.6) is 0 Å². The van der Waals surface area contributed by atoms with Crippen LogP contribution in [0, 0.1) is 0 Å². The molecule has 1 aliphatic heterocycles. The molecule has 6 nitrogen and oxygen atoms in total. The molecule has 3 rings (SSSR count). The molecule has 1 aromatic heterocycles. The summed E-state index contributed by atoms with van der Waals surface area (Å²) in [4.78, 5) is 11.8. The molecular weight excluding hydrogens is 270 g/mol. The zero-order chi connectivity index (χ0) is 14.5. The molecule has 1 amide bonds. The van der Waals surface area contributed by atoms with Crippen molar-refractivity contribution < 1.29 is 14.3 Å². The molecule has 21 heavy (non-hydrogen) atoms. The van der Waals surface area contributed by atoms with Crippen molar-refractivity contribution in [3.63, 3.8) is 0 Å². The van der Waals surface area contributed by atoms with Crippen LogP contribution in [0.15, 0.2) is 12.3 Å². The van der Waals surface area contributed by atoms with E-state index >= 15 is 0 Å². The number of amides is 1. The molecule has 1 aromatic rings. The second-order valence-corrected chi connectivity index (χ2v) is 5.94. The molecule has 2 aliphatic rings. The van der Waals surface area contributed by atoms with Crippen molar-refractivity contribution in [3.8, 4) is 0 Å². The molecule has 1 spiro atoms. The molecule has 1 unspecified atom stereocenters. The number of hydrogen-bond donors (Lipinski definition) is 2. The highest BCUT2D eigenvalue weighted by Gasteiger charge is 2.41. The van der Waals surface area contributed by atoms with Gasteiger partial charge in [-0.25, -0.2) is 0 Å². The molecule has 116 valence electrons. The summed E-state index contributed by atoms with van der Waals surface area (Å²) in [7, 11) is 0. The Labute approximate surface area is 124 Å². The van der Waals surface area contributed by atoms with E-state index in [2.05, 4.69) is 15.5 Å². The van der Waals surface area contributed by atoms with E-state index in [4.69, 9.17) is 9.47 Å². The van der Waals surface area contributed by atoms with Gasteiger partial charge in [0.15, 0.2) is 5.79 Å². The van der Waals surface area contributed by atoms with Crippen molar-refractivity contribution >= 4 is 5.91 Å². The van der Waals surface area contributed by atoms with Gasteiger partial charge in [0.05, 0.1) is 13.0 Å². The first-order valence-electron chi connectivity index (χ1n) is 7.82. The first-order chi connectivity index (χ1) is 10.3. The maximum atomic E-state index is 11.8. The van der Waals surface area contributed by atoms with Gasteiger partial charge < -0.3 is 14.8 Å². The van der Waals surface area contributed by atoms with E-state index in [1.54, 1.807) is 12.3 Å². The molecule has 0 aromatic carbocycles. The fourth-order valence-corrected chi connectivity index (χ4v) is 3.09. The molecule has 0 bridgehead atoms. The number of aromatic amines is 1. The van der Waals surface area contributed by atoms with Crippen molar-refractivity contribution in [2.45, 2.75) is 56.8 Å². The molecular formula is C15H23N3O3. The lowest BCUT2D eigenvalue weighted by atomic mass is 10.1. The fraction of sp³-hybridized carbons (Fsp3) is 0.733. The predicted molar refractivity (Wildman–Crippen MR) is 76.6 cm³/mol. The van der Waals surface area contributed by atoms with Crippen molar-refractivity contribution in [1.82, 2.24) is 15.5 Å². The highest BCUT2D eigenvalue weighted by molar-refractivity contribution is 5.78. The minimum Gasteiger partial charge on any atom is -0.353 e. The van der Waals surface area contributed by atoms with E-state index < -0.39 is 0 Å². The average molecular weight is 293 g/mol. The van der Waals surface area contributed by atoms with E-state index in [0.717, 1.165) is 18.5 Å². The molecule has 2 fully saturated rings. The van der Waals surface area contributed by atoms with Gasteiger partial charge in [0.1, 0.15) is 6.10 Å². The van der Waals surface area contributed by atoms with Gasteiger partial charge in [0, 0.05) is 31.3 Å². The topological polar surface area (TPSA) is 76.2 Å². The number of rotatable bonds is 4. The number of aromatic nitrogens is 2. The molecule has 1 aliphatic carbocycles. The number of nitrogens with zero attached hydrogens (tertiary/aromatic N) is 1. The van der Waals surface area contributed by atoms with Crippen LogP contribution in [0.4, 0.5) is 0 Å². The van der Waals surface area contributed by atoms with Crippen molar-refractivity contribution in [1.29, 1.82) is 0 Å². The molecule has 1 saturated heterocycles. The number of H-pyrrole nitrogens is 1. The van der Waals surface area contributed by atoms with E-state index in [1.807, 2.05) is 0 Å². The number of hydrogen-bond acceptors (Lipinski definition) is 4. The van der Waals surface area contributed by atoms with Crippen LogP contribution in [0.3, 0.4) is 0 Å². The molecule has 6 heteroatoms. The highest BCUT2D eigenvalue weighted by atomic mass is 16.7. The standard InChI is InChI=1S/C15H23N3O3/c19-14(9-12-5-8-17-18-12)16-10-13-11-20-15(21-13)6-3-1-2-4-7-15/h5,8,13H,1-4,6-7,9-11H2,(H,16,19)(H,17,18). The van der Waals surface area contributed by atoms with Crippen LogP contribution in [0.1, 0.15) is 44.2 Å². The monoisotopic (exact) mass is 293 g/mol. The van der Waals surface area contributed by atoms with Crippen LogP contribution in [0.2, 0.25) is 0 Å². The third-order valence-corrected chi connectivity index (χ3v) is 4.22. The summed E-state index contributed by atoms with van der Waals surface area (Å²) in [6.45, 7) is 1.08. The Hall–Kier alpha value is -1.40. The van der Waals surface area contributed by atoms with Crippen LogP contribution < -0.4 is 5.32 Å². The van der Waals surface area contributed by atoms with E-state index in [1.165, 1.54) is 25.7 Å². The van der Waals surface area contributed by atoms with Gasteiger partial charge in [-0.15, -0.1) is 0 Å². The van der Waals surface area contributed by atoms with Gasteiger partial charge in [-0.3, -0.25) is 9.89 Å². The van der Waals surface area contributed by atoms with Gasteiger partial charge in [0.2, 0.25) is 5.91 Å². The van der Waals surface area contributed by atoms with Crippen molar-refractivity contribution in [2.75, 3.05) is 13.2 Å². The normalized spacial score (nSPS) is 24.9. The second-order valence-electron chi connectivity index (χ2n) is 5.94.